The molecule has 1 aromatic heterocycles. The minimum atomic E-state index is -0.523. The monoisotopic (exact) mass is 413 g/mol. The third-order valence-electron chi connectivity index (χ3n) is 4.96. The summed E-state index contributed by atoms with van der Waals surface area (Å²) >= 11 is 5.27. The first-order valence-corrected chi connectivity index (χ1v) is 9.53. The van der Waals surface area contributed by atoms with Crippen LogP contribution in [0, 0.1) is 13.8 Å². The Morgan fingerprint density at radius 3 is 2.45 bits per heavy atom. The number of carbonyl (C=O) groups is 2. The smallest absolute Gasteiger partial charge is 0.270 e. The van der Waals surface area contributed by atoms with Gasteiger partial charge >= 0.3 is 0 Å². The van der Waals surface area contributed by atoms with E-state index >= 15 is 0 Å². The molecule has 2 heterocycles. The number of rotatable bonds is 5. The lowest BCUT2D eigenvalue weighted by molar-refractivity contribution is -0.122. The Balaban J connectivity index is 2.08. The molecule has 2 amide bonds. The van der Waals surface area contributed by atoms with Crippen molar-refractivity contribution in [3.05, 3.63) is 46.8 Å². The number of amides is 2. The number of nitrogens with one attached hydrogen (secondary N) is 1. The van der Waals surface area contributed by atoms with Gasteiger partial charge in [-0.3, -0.25) is 14.9 Å². The zero-order valence-electron chi connectivity index (χ0n) is 17.0. The zero-order chi connectivity index (χ0) is 21.3. The van der Waals surface area contributed by atoms with Gasteiger partial charge in [0.25, 0.3) is 11.8 Å². The average Bonchev–Trinajstić information content (AvgIpc) is 2.97. The summed E-state index contributed by atoms with van der Waals surface area (Å²) in [7, 11) is 3.03. The Kier molecular flexibility index (Phi) is 5.74. The zero-order valence-corrected chi connectivity index (χ0v) is 17.8. The second-order valence-corrected chi connectivity index (χ2v) is 6.95. The van der Waals surface area contributed by atoms with Gasteiger partial charge in [0.05, 0.1) is 19.9 Å². The molecule has 0 atom stereocenters. The molecule has 1 saturated heterocycles. The molecular formula is C21H23N3O4S. The van der Waals surface area contributed by atoms with E-state index in [1.165, 1.54) is 12.0 Å². The summed E-state index contributed by atoms with van der Waals surface area (Å²) in [6.45, 7) is 6.81. The van der Waals surface area contributed by atoms with Gasteiger partial charge in [-0.2, -0.15) is 0 Å². The molecule has 29 heavy (non-hydrogen) atoms. The lowest BCUT2D eigenvalue weighted by Gasteiger charge is -2.30. The Bertz CT molecular complexity index is 1040. The Morgan fingerprint density at radius 1 is 1.14 bits per heavy atom. The lowest BCUT2D eigenvalue weighted by atomic mass is 10.1. The number of thiocarbonyl (C=S) groups is 1. The topological polar surface area (TPSA) is 72.8 Å². The fourth-order valence-electron chi connectivity index (χ4n) is 3.46. The second kappa shape index (κ2) is 8.08. The molecule has 0 radical (unpaired) electrons. The van der Waals surface area contributed by atoms with Crippen LogP contribution < -0.4 is 19.7 Å². The van der Waals surface area contributed by atoms with Crippen molar-refractivity contribution in [3.8, 4) is 11.5 Å². The van der Waals surface area contributed by atoms with Crippen LogP contribution in [0.25, 0.3) is 6.08 Å². The third kappa shape index (κ3) is 3.63. The molecule has 0 saturated carbocycles. The van der Waals surface area contributed by atoms with Crippen molar-refractivity contribution >= 4 is 40.9 Å². The Hall–Kier alpha value is -3.13. The number of methoxy groups -OCH3 is 2. The number of anilines is 1. The van der Waals surface area contributed by atoms with Gasteiger partial charge in [0, 0.05) is 24.0 Å². The van der Waals surface area contributed by atoms with Crippen LogP contribution >= 0.6 is 12.2 Å². The van der Waals surface area contributed by atoms with E-state index < -0.39 is 11.8 Å². The molecule has 0 aliphatic carbocycles. The van der Waals surface area contributed by atoms with Crippen LogP contribution in [-0.2, 0) is 16.1 Å². The van der Waals surface area contributed by atoms with E-state index in [1.54, 1.807) is 31.4 Å². The largest absolute Gasteiger partial charge is 0.497 e. The summed E-state index contributed by atoms with van der Waals surface area (Å²) in [5.41, 5.74) is 3.29. The van der Waals surface area contributed by atoms with Crippen molar-refractivity contribution in [1.82, 2.24) is 9.88 Å². The summed E-state index contributed by atoms with van der Waals surface area (Å²) < 4.78 is 12.7. The first kappa shape index (κ1) is 20.6. The van der Waals surface area contributed by atoms with Gasteiger partial charge in [-0.1, -0.05) is 0 Å². The standard InChI is InChI=1S/C21H23N3O4S/c1-6-23-12(2)9-14(13(23)3)10-16-19(25)22-21(29)24(20(16)26)17-8-7-15(27-4)11-18(17)28-5/h7-11H,6H2,1-5H3,(H,22,25,29). The molecule has 1 aliphatic rings. The SMILES string of the molecule is CCn1c(C)cc(C=C2C(=O)NC(=S)N(c3ccc(OC)cc3OC)C2=O)c1C. The van der Waals surface area contributed by atoms with Crippen molar-refractivity contribution < 1.29 is 19.1 Å². The molecule has 0 bridgehead atoms. The van der Waals surface area contributed by atoms with Crippen LogP contribution in [0.1, 0.15) is 23.9 Å². The number of carbonyl (C=O) groups excluding carboxylic acids is 2. The van der Waals surface area contributed by atoms with E-state index in [1.807, 2.05) is 26.8 Å². The number of benzene rings is 1. The number of ether oxygens (including phenoxy) is 2. The molecule has 1 aliphatic heterocycles. The maximum Gasteiger partial charge on any atom is 0.270 e. The van der Waals surface area contributed by atoms with Gasteiger partial charge in [0.15, 0.2) is 5.11 Å². The second-order valence-electron chi connectivity index (χ2n) is 6.57. The highest BCUT2D eigenvalue weighted by Crippen LogP contribution is 2.34. The van der Waals surface area contributed by atoms with Crippen molar-refractivity contribution in [3.63, 3.8) is 0 Å². The normalized spacial score (nSPS) is 15.7. The molecule has 1 fully saturated rings. The average molecular weight is 413 g/mol. The predicted molar refractivity (Wildman–Crippen MR) is 115 cm³/mol. The van der Waals surface area contributed by atoms with Crippen LogP contribution in [0.5, 0.6) is 11.5 Å². The van der Waals surface area contributed by atoms with Crippen LogP contribution in [-0.4, -0.2) is 35.7 Å². The summed E-state index contributed by atoms with van der Waals surface area (Å²) in [5.74, 6) is -0.0546. The summed E-state index contributed by atoms with van der Waals surface area (Å²) in [6, 6.07) is 6.97. The number of hydrogen-bond donors (Lipinski definition) is 1. The van der Waals surface area contributed by atoms with Crippen molar-refractivity contribution in [2.24, 2.45) is 0 Å². The van der Waals surface area contributed by atoms with Crippen molar-refractivity contribution in [2.75, 3.05) is 19.1 Å². The lowest BCUT2D eigenvalue weighted by Crippen LogP contribution is -2.54. The van der Waals surface area contributed by atoms with Crippen LogP contribution in [0.3, 0.4) is 0 Å². The van der Waals surface area contributed by atoms with Gasteiger partial charge < -0.3 is 14.0 Å². The molecule has 0 unspecified atom stereocenters. The van der Waals surface area contributed by atoms with Crippen molar-refractivity contribution in [1.29, 1.82) is 0 Å². The Labute approximate surface area is 174 Å². The molecule has 3 rings (SSSR count). The van der Waals surface area contributed by atoms with Gasteiger partial charge in [-0.15, -0.1) is 0 Å². The van der Waals surface area contributed by atoms with Crippen LogP contribution in [0.4, 0.5) is 5.69 Å². The highest BCUT2D eigenvalue weighted by atomic mass is 32.1. The summed E-state index contributed by atoms with van der Waals surface area (Å²) in [4.78, 5) is 27.1. The van der Waals surface area contributed by atoms with Crippen molar-refractivity contribution in [2.45, 2.75) is 27.3 Å². The van der Waals surface area contributed by atoms with Gasteiger partial charge in [0.1, 0.15) is 17.1 Å². The van der Waals surface area contributed by atoms with E-state index in [2.05, 4.69) is 9.88 Å². The van der Waals surface area contributed by atoms with E-state index in [0.29, 0.717) is 17.2 Å². The minimum absolute atomic E-state index is 0.000326. The fraction of sp³-hybridized carbons (Fsp3) is 0.286. The first-order chi connectivity index (χ1) is 13.8. The highest BCUT2D eigenvalue weighted by Gasteiger charge is 2.36. The van der Waals surface area contributed by atoms with Crippen LogP contribution in [0.15, 0.2) is 29.8 Å². The molecule has 0 spiro atoms. The molecule has 1 aromatic carbocycles. The van der Waals surface area contributed by atoms with E-state index in [4.69, 9.17) is 21.7 Å². The molecular weight excluding hydrogens is 390 g/mol. The van der Waals surface area contributed by atoms with Gasteiger partial charge in [-0.25, -0.2) is 4.90 Å². The third-order valence-corrected chi connectivity index (χ3v) is 5.24. The maximum absolute atomic E-state index is 13.3. The molecule has 8 heteroatoms. The van der Waals surface area contributed by atoms with E-state index in [9.17, 15) is 9.59 Å². The minimum Gasteiger partial charge on any atom is -0.497 e. The van der Waals surface area contributed by atoms with Gasteiger partial charge in [-0.05, 0) is 62.8 Å². The van der Waals surface area contributed by atoms with E-state index in [0.717, 1.165) is 23.5 Å². The van der Waals surface area contributed by atoms with E-state index in [-0.39, 0.29) is 10.7 Å². The molecule has 7 nitrogen and oxygen atoms in total. The number of nitrogens with zero attached hydrogens (tertiary/aromatic N) is 2. The molecule has 152 valence electrons. The van der Waals surface area contributed by atoms with Gasteiger partial charge in [0.2, 0.25) is 0 Å². The molecule has 1 N–H and O–H groups in total. The maximum atomic E-state index is 13.3. The highest BCUT2D eigenvalue weighted by molar-refractivity contribution is 7.80. The molecule has 2 aromatic rings. The predicted octanol–water partition coefficient (Wildman–Crippen LogP) is 2.97. The first-order valence-electron chi connectivity index (χ1n) is 9.12. The number of hydrogen-bond acceptors (Lipinski definition) is 5. The fourth-order valence-corrected chi connectivity index (χ4v) is 3.74. The number of aromatic nitrogens is 1. The number of aryl methyl sites for hydroxylation is 1. The Morgan fingerprint density at radius 2 is 1.86 bits per heavy atom. The summed E-state index contributed by atoms with van der Waals surface area (Å²) in [6.07, 6.45) is 1.61. The summed E-state index contributed by atoms with van der Waals surface area (Å²) in [5, 5.41) is 2.60. The quantitative estimate of drug-likeness (QED) is 0.464. The van der Waals surface area contributed by atoms with Crippen LogP contribution in [0.2, 0.25) is 0 Å².